The van der Waals surface area contributed by atoms with Gasteiger partial charge in [0.15, 0.2) is 5.82 Å². The Bertz CT molecular complexity index is 974. The van der Waals surface area contributed by atoms with Crippen LogP contribution in [-0.2, 0) is 6.42 Å². The predicted molar refractivity (Wildman–Crippen MR) is 99.0 cm³/mol. The molecule has 0 fully saturated rings. The van der Waals surface area contributed by atoms with Gasteiger partial charge in [0.1, 0.15) is 0 Å². The van der Waals surface area contributed by atoms with Crippen molar-refractivity contribution in [3.63, 3.8) is 0 Å². The van der Waals surface area contributed by atoms with Crippen molar-refractivity contribution in [1.82, 2.24) is 9.97 Å². The highest BCUT2D eigenvalue weighted by Gasteiger charge is 2.09. The van der Waals surface area contributed by atoms with Crippen molar-refractivity contribution in [3.8, 4) is 11.4 Å². The largest absolute Gasteiger partial charge is 0.232 e. The standard InChI is InChI=1S/C22H18N2/c1-16-11-13-18(14-12-16)22-23-20-10-6-5-9-19(20)21(24-22)15-17-7-3-2-4-8-17/h2-14H,15H2,1H3. The Morgan fingerprint density at radius 3 is 2.21 bits per heavy atom. The summed E-state index contributed by atoms with van der Waals surface area (Å²) in [5.74, 6) is 0.791. The zero-order valence-corrected chi connectivity index (χ0v) is 13.6. The van der Waals surface area contributed by atoms with Crippen LogP contribution in [0.5, 0.6) is 0 Å². The van der Waals surface area contributed by atoms with E-state index in [0.29, 0.717) is 0 Å². The first-order valence-corrected chi connectivity index (χ1v) is 8.16. The van der Waals surface area contributed by atoms with E-state index in [-0.39, 0.29) is 0 Å². The molecule has 2 heteroatoms. The fraction of sp³-hybridized carbons (Fsp3) is 0.0909. The van der Waals surface area contributed by atoms with Crippen LogP contribution in [-0.4, -0.2) is 9.97 Å². The number of hydrogen-bond acceptors (Lipinski definition) is 2. The topological polar surface area (TPSA) is 25.8 Å². The van der Waals surface area contributed by atoms with E-state index in [2.05, 4.69) is 67.6 Å². The molecule has 0 amide bonds. The second kappa shape index (κ2) is 6.25. The summed E-state index contributed by atoms with van der Waals surface area (Å²) < 4.78 is 0. The SMILES string of the molecule is Cc1ccc(-c2nc(Cc3ccccc3)c3ccccc3n2)cc1. The van der Waals surface area contributed by atoms with Crippen molar-refractivity contribution in [2.24, 2.45) is 0 Å². The Morgan fingerprint density at radius 1 is 0.708 bits per heavy atom. The van der Waals surface area contributed by atoms with E-state index < -0.39 is 0 Å². The lowest BCUT2D eigenvalue weighted by molar-refractivity contribution is 1.07. The molecular weight excluding hydrogens is 292 g/mol. The fourth-order valence-electron chi connectivity index (χ4n) is 2.90. The molecule has 1 heterocycles. The third-order valence-electron chi connectivity index (χ3n) is 4.21. The van der Waals surface area contributed by atoms with E-state index in [1.165, 1.54) is 11.1 Å². The molecule has 24 heavy (non-hydrogen) atoms. The molecule has 0 atom stereocenters. The molecule has 0 spiro atoms. The van der Waals surface area contributed by atoms with Crippen LogP contribution in [0.3, 0.4) is 0 Å². The van der Waals surface area contributed by atoms with Crippen molar-refractivity contribution in [1.29, 1.82) is 0 Å². The van der Waals surface area contributed by atoms with Crippen molar-refractivity contribution in [2.45, 2.75) is 13.3 Å². The van der Waals surface area contributed by atoms with Crippen molar-refractivity contribution in [2.75, 3.05) is 0 Å². The second-order valence-electron chi connectivity index (χ2n) is 6.04. The zero-order valence-electron chi connectivity index (χ0n) is 13.6. The van der Waals surface area contributed by atoms with E-state index in [1.54, 1.807) is 0 Å². The molecular formula is C22H18N2. The van der Waals surface area contributed by atoms with Gasteiger partial charge < -0.3 is 0 Å². The molecule has 3 aromatic carbocycles. The Hall–Kier alpha value is -3.00. The van der Waals surface area contributed by atoms with Crippen molar-refractivity contribution >= 4 is 10.9 Å². The third kappa shape index (κ3) is 2.91. The predicted octanol–water partition coefficient (Wildman–Crippen LogP) is 5.20. The minimum atomic E-state index is 0.791. The number of rotatable bonds is 3. The lowest BCUT2D eigenvalue weighted by atomic mass is 10.0. The number of fused-ring (bicyclic) bond motifs is 1. The van der Waals surface area contributed by atoms with E-state index in [1.807, 2.05) is 18.2 Å². The van der Waals surface area contributed by atoms with Gasteiger partial charge in [-0.05, 0) is 18.6 Å². The molecule has 1 aromatic heterocycles. The zero-order chi connectivity index (χ0) is 16.4. The Balaban J connectivity index is 1.86. The van der Waals surface area contributed by atoms with Gasteiger partial charge in [-0.3, -0.25) is 0 Å². The molecule has 116 valence electrons. The average Bonchev–Trinajstić information content (AvgIpc) is 2.63. The van der Waals surface area contributed by atoms with Gasteiger partial charge in [-0.15, -0.1) is 0 Å². The maximum atomic E-state index is 4.88. The lowest BCUT2D eigenvalue weighted by Crippen LogP contribution is -1.99. The smallest absolute Gasteiger partial charge is 0.160 e. The molecule has 0 aliphatic heterocycles. The van der Waals surface area contributed by atoms with Gasteiger partial charge in [0, 0.05) is 17.4 Å². The average molecular weight is 310 g/mol. The van der Waals surface area contributed by atoms with Gasteiger partial charge in [0.25, 0.3) is 0 Å². The molecule has 0 saturated heterocycles. The first-order chi connectivity index (χ1) is 11.8. The summed E-state index contributed by atoms with van der Waals surface area (Å²) >= 11 is 0. The highest BCUT2D eigenvalue weighted by atomic mass is 14.9. The highest BCUT2D eigenvalue weighted by molar-refractivity contribution is 5.83. The van der Waals surface area contributed by atoms with Crippen LogP contribution in [0.25, 0.3) is 22.3 Å². The van der Waals surface area contributed by atoms with E-state index >= 15 is 0 Å². The second-order valence-corrected chi connectivity index (χ2v) is 6.04. The molecule has 4 rings (SSSR count). The quantitative estimate of drug-likeness (QED) is 0.520. The van der Waals surface area contributed by atoms with E-state index in [9.17, 15) is 0 Å². The van der Waals surface area contributed by atoms with Gasteiger partial charge in [0.05, 0.1) is 11.2 Å². The highest BCUT2D eigenvalue weighted by Crippen LogP contribution is 2.23. The van der Waals surface area contributed by atoms with Gasteiger partial charge in [-0.1, -0.05) is 78.4 Å². The van der Waals surface area contributed by atoms with Crippen LogP contribution in [0.15, 0.2) is 78.9 Å². The fourth-order valence-corrected chi connectivity index (χ4v) is 2.90. The van der Waals surface area contributed by atoms with Crippen LogP contribution >= 0.6 is 0 Å². The number of aromatic nitrogens is 2. The molecule has 0 saturated carbocycles. The van der Waals surface area contributed by atoms with Crippen LogP contribution in [0, 0.1) is 6.92 Å². The monoisotopic (exact) mass is 310 g/mol. The number of aryl methyl sites for hydroxylation is 1. The molecule has 0 radical (unpaired) electrons. The summed E-state index contributed by atoms with van der Waals surface area (Å²) in [7, 11) is 0. The normalized spacial score (nSPS) is 10.9. The van der Waals surface area contributed by atoms with Gasteiger partial charge in [-0.2, -0.15) is 0 Å². The Kier molecular flexibility index (Phi) is 3.80. The van der Waals surface area contributed by atoms with Crippen LogP contribution in [0.2, 0.25) is 0 Å². The molecule has 2 nitrogen and oxygen atoms in total. The number of hydrogen-bond donors (Lipinski definition) is 0. The summed E-state index contributed by atoms with van der Waals surface area (Å²) in [6.45, 7) is 2.09. The van der Waals surface area contributed by atoms with Gasteiger partial charge >= 0.3 is 0 Å². The number of benzene rings is 3. The third-order valence-corrected chi connectivity index (χ3v) is 4.21. The van der Waals surface area contributed by atoms with Gasteiger partial charge in [0.2, 0.25) is 0 Å². The molecule has 4 aromatic rings. The maximum Gasteiger partial charge on any atom is 0.160 e. The summed E-state index contributed by atoms with van der Waals surface area (Å²) in [6.07, 6.45) is 0.808. The summed E-state index contributed by atoms with van der Waals surface area (Å²) in [4.78, 5) is 9.65. The molecule has 0 aliphatic carbocycles. The Morgan fingerprint density at radius 2 is 1.42 bits per heavy atom. The first kappa shape index (κ1) is 14.6. The Labute approximate surface area is 141 Å². The van der Waals surface area contributed by atoms with Crippen LogP contribution < -0.4 is 0 Å². The van der Waals surface area contributed by atoms with E-state index in [4.69, 9.17) is 9.97 Å². The molecule has 0 unspecified atom stereocenters. The van der Waals surface area contributed by atoms with Crippen LogP contribution in [0.1, 0.15) is 16.8 Å². The molecule has 0 aliphatic rings. The summed E-state index contributed by atoms with van der Waals surface area (Å²) in [5, 5.41) is 1.12. The first-order valence-electron chi connectivity index (χ1n) is 8.16. The minimum Gasteiger partial charge on any atom is -0.232 e. The number of para-hydroxylation sites is 1. The van der Waals surface area contributed by atoms with E-state index in [0.717, 1.165) is 34.4 Å². The molecule has 0 bridgehead atoms. The summed E-state index contributed by atoms with van der Waals surface area (Å²) in [6, 6.07) is 27.1. The maximum absolute atomic E-state index is 4.88. The van der Waals surface area contributed by atoms with Crippen molar-refractivity contribution < 1.29 is 0 Å². The lowest BCUT2D eigenvalue weighted by Gasteiger charge is -2.09. The minimum absolute atomic E-state index is 0.791. The number of nitrogens with zero attached hydrogens (tertiary/aromatic N) is 2. The van der Waals surface area contributed by atoms with Gasteiger partial charge in [-0.25, -0.2) is 9.97 Å². The summed E-state index contributed by atoms with van der Waals surface area (Å²) in [5.41, 5.74) is 5.62. The molecule has 0 N–H and O–H groups in total. The van der Waals surface area contributed by atoms with Crippen molar-refractivity contribution in [3.05, 3.63) is 95.7 Å². The van der Waals surface area contributed by atoms with Crippen LogP contribution in [0.4, 0.5) is 0 Å².